The van der Waals surface area contributed by atoms with Gasteiger partial charge in [0.25, 0.3) is 0 Å². The van der Waals surface area contributed by atoms with Gasteiger partial charge in [-0.05, 0) is 12.3 Å². The summed E-state index contributed by atoms with van der Waals surface area (Å²) in [7, 11) is 0. The fourth-order valence-corrected chi connectivity index (χ4v) is 1.32. The van der Waals surface area contributed by atoms with Crippen molar-refractivity contribution < 1.29 is 4.74 Å². The van der Waals surface area contributed by atoms with Gasteiger partial charge >= 0.3 is 0 Å². The lowest BCUT2D eigenvalue weighted by Crippen LogP contribution is -1.98. The number of rotatable bonds is 5. The molecular formula is C9H18O. The minimum absolute atomic E-state index is 0.631. The normalized spacial score (nSPS) is 26.4. The molecule has 1 fully saturated rings. The molecule has 1 rings (SSSR count). The van der Waals surface area contributed by atoms with Crippen molar-refractivity contribution in [3.63, 3.8) is 0 Å². The van der Waals surface area contributed by atoms with Crippen molar-refractivity contribution in [3.8, 4) is 0 Å². The van der Waals surface area contributed by atoms with Crippen molar-refractivity contribution in [1.29, 1.82) is 0 Å². The molecule has 10 heavy (non-hydrogen) atoms. The molecule has 60 valence electrons. The van der Waals surface area contributed by atoms with Gasteiger partial charge in [0.2, 0.25) is 0 Å². The van der Waals surface area contributed by atoms with E-state index in [1.165, 1.54) is 25.7 Å². The number of epoxide rings is 1. The molecule has 1 aliphatic heterocycles. The predicted octanol–water partition coefficient (Wildman–Crippen LogP) is 2.60. The van der Waals surface area contributed by atoms with Crippen LogP contribution >= 0.6 is 0 Å². The standard InChI is InChI=1S/C9H18O/c1-3-4-5-8(2)6-9-7-10-9/h8-9H,3-7H2,1-2H3/t8-,9+/m1/s1. The molecule has 0 spiro atoms. The summed E-state index contributed by atoms with van der Waals surface area (Å²) in [5.74, 6) is 0.882. The van der Waals surface area contributed by atoms with E-state index in [1.807, 2.05) is 0 Å². The van der Waals surface area contributed by atoms with E-state index in [2.05, 4.69) is 13.8 Å². The first kappa shape index (κ1) is 8.06. The molecule has 0 saturated carbocycles. The van der Waals surface area contributed by atoms with Crippen molar-refractivity contribution >= 4 is 0 Å². The molecule has 1 aliphatic rings. The largest absolute Gasteiger partial charge is 0.373 e. The predicted molar refractivity (Wildman–Crippen MR) is 43.0 cm³/mol. The lowest BCUT2D eigenvalue weighted by atomic mass is 9.99. The molecule has 1 heterocycles. The van der Waals surface area contributed by atoms with Crippen LogP contribution in [0.2, 0.25) is 0 Å². The highest BCUT2D eigenvalue weighted by Crippen LogP contribution is 2.22. The van der Waals surface area contributed by atoms with Crippen molar-refractivity contribution in [1.82, 2.24) is 0 Å². The lowest BCUT2D eigenvalue weighted by molar-refractivity contribution is 0.350. The van der Waals surface area contributed by atoms with Gasteiger partial charge in [-0.25, -0.2) is 0 Å². The first-order valence-corrected chi connectivity index (χ1v) is 4.44. The SMILES string of the molecule is CCCC[C@@H](C)C[C@H]1CO1. The Labute approximate surface area is 63.8 Å². The van der Waals surface area contributed by atoms with E-state index in [1.54, 1.807) is 0 Å². The lowest BCUT2D eigenvalue weighted by Gasteiger charge is -2.06. The fraction of sp³-hybridized carbons (Fsp3) is 1.00. The van der Waals surface area contributed by atoms with Crippen LogP contribution in [0.4, 0.5) is 0 Å². The summed E-state index contributed by atoms with van der Waals surface area (Å²) in [4.78, 5) is 0. The van der Waals surface area contributed by atoms with Gasteiger partial charge in [0.15, 0.2) is 0 Å². The van der Waals surface area contributed by atoms with Gasteiger partial charge in [0, 0.05) is 0 Å². The van der Waals surface area contributed by atoms with Gasteiger partial charge < -0.3 is 4.74 Å². The highest BCUT2D eigenvalue weighted by Gasteiger charge is 2.24. The minimum Gasteiger partial charge on any atom is -0.373 e. The molecule has 0 aromatic heterocycles. The fourth-order valence-electron chi connectivity index (χ4n) is 1.32. The summed E-state index contributed by atoms with van der Waals surface area (Å²) in [5.41, 5.74) is 0. The van der Waals surface area contributed by atoms with E-state index in [4.69, 9.17) is 4.74 Å². The van der Waals surface area contributed by atoms with Gasteiger partial charge in [0.1, 0.15) is 0 Å². The van der Waals surface area contributed by atoms with E-state index < -0.39 is 0 Å². The number of ether oxygens (including phenoxy) is 1. The quantitative estimate of drug-likeness (QED) is 0.537. The van der Waals surface area contributed by atoms with Crippen LogP contribution in [0.25, 0.3) is 0 Å². The molecule has 1 saturated heterocycles. The maximum Gasteiger partial charge on any atom is 0.0812 e. The highest BCUT2D eigenvalue weighted by molar-refractivity contribution is 4.71. The van der Waals surface area contributed by atoms with Gasteiger partial charge in [-0.2, -0.15) is 0 Å². The highest BCUT2D eigenvalue weighted by atomic mass is 16.6. The summed E-state index contributed by atoms with van der Waals surface area (Å²) < 4.78 is 5.16. The zero-order valence-electron chi connectivity index (χ0n) is 7.10. The van der Waals surface area contributed by atoms with Crippen molar-refractivity contribution in [3.05, 3.63) is 0 Å². The molecule has 1 nitrogen and oxygen atoms in total. The third-order valence-electron chi connectivity index (χ3n) is 2.12. The first-order chi connectivity index (χ1) is 4.83. The van der Waals surface area contributed by atoms with Crippen LogP contribution < -0.4 is 0 Å². The van der Waals surface area contributed by atoms with Crippen LogP contribution in [0.5, 0.6) is 0 Å². The Bertz CT molecular complexity index is 86.7. The summed E-state index contributed by atoms with van der Waals surface area (Å²) in [6.07, 6.45) is 6.02. The molecule has 1 heteroatoms. The monoisotopic (exact) mass is 142 g/mol. The van der Waals surface area contributed by atoms with E-state index in [-0.39, 0.29) is 0 Å². The molecule has 0 aromatic carbocycles. The molecule has 2 atom stereocenters. The van der Waals surface area contributed by atoms with Crippen LogP contribution in [0.15, 0.2) is 0 Å². The molecule has 0 amide bonds. The summed E-state index contributed by atoms with van der Waals surface area (Å²) >= 11 is 0. The van der Waals surface area contributed by atoms with E-state index in [9.17, 15) is 0 Å². The van der Waals surface area contributed by atoms with Crippen LogP contribution in [-0.4, -0.2) is 12.7 Å². The van der Waals surface area contributed by atoms with Gasteiger partial charge in [0.05, 0.1) is 12.7 Å². The number of unbranched alkanes of at least 4 members (excludes halogenated alkanes) is 1. The van der Waals surface area contributed by atoms with Crippen LogP contribution in [0.3, 0.4) is 0 Å². The molecule has 0 N–H and O–H groups in total. The Morgan fingerprint density at radius 2 is 2.30 bits per heavy atom. The van der Waals surface area contributed by atoms with Crippen LogP contribution in [-0.2, 0) is 4.74 Å². The van der Waals surface area contributed by atoms with Gasteiger partial charge in [-0.3, -0.25) is 0 Å². The average Bonchev–Trinajstić information content (AvgIpc) is 2.67. The molecule has 0 unspecified atom stereocenters. The Morgan fingerprint density at radius 3 is 2.80 bits per heavy atom. The smallest absolute Gasteiger partial charge is 0.0812 e. The third kappa shape index (κ3) is 3.21. The molecule has 0 bridgehead atoms. The first-order valence-electron chi connectivity index (χ1n) is 4.44. The zero-order chi connectivity index (χ0) is 7.40. The Kier molecular flexibility index (Phi) is 3.20. The molecule has 0 aromatic rings. The Morgan fingerprint density at radius 1 is 1.60 bits per heavy atom. The van der Waals surface area contributed by atoms with E-state index >= 15 is 0 Å². The summed E-state index contributed by atoms with van der Waals surface area (Å²) in [6, 6.07) is 0. The average molecular weight is 142 g/mol. The zero-order valence-corrected chi connectivity index (χ0v) is 7.10. The Hall–Kier alpha value is -0.0400. The maximum absolute atomic E-state index is 5.16. The van der Waals surface area contributed by atoms with Crippen molar-refractivity contribution in [2.45, 2.75) is 45.6 Å². The Balaban J connectivity index is 1.91. The second kappa shape index (κ2) is 3.97. The van der Waals surface area contributed by atoms with Crippen molar-refractivity contribution in [2.75, 3.05) is 6.61 Å². The third-order valence-corrected chi connectivity index (χ3v) is 2.12. The number of hydrogen-bond donors (Lipinski definition) is 0. The molecule has 0 radical (unpaired) electrons. The number of hydrogen-bond acceptors (Lipinski definition) is 1. The molecule has 0 aliphatic carbocycles. The summed E-state index contributed by atoms with van der Waals surface area (Å²) in [5, 5.41) is 0. The summed E-state index contributed by atoms with van der Waals surface area (Å²) in [6.45, 7) is 5.61. The topological polar surface area (TPSA) is 12.5 Å². The molecular weight excluding hydrogens is 124 g/mol. The van der Waals surface area contributed by atoms with Crippen molar-refractivity contribution in [2.24, 2.45) is 5.92 Å². The van der Waals surface area contributed by atoms with Crippen LogP contribution in [0.1, 0.15) is 39.5 Å². The maximum atomic E-state index is 5.16. The van der Waals surface area contributed by atoms with Gasteiger partial charge in [-0.15, -0.1) is 0 Å². The van der Waals surface area contributed by atoms with E-state index in [0.29, 0.717) is 6.10 Å². The second-order valence-electron chi connectivity index (χ2n) is 3.44. The van der Waals surface area contributed by atoms with Gasteiger partial charge in [-0.1, -0.05) is 33.1 Å². The minimum atomic E-state index is 0.631. The van der Waals surface area contributed by atoms with Crippen LogP contribution in [0, 0.1) is 5.92 Å². The second-order valence-corrected chi connectivity index (χ2v) is 3.44. The van der Waals surface area contributed by atoms with E-state index in [0.717, 1.165) is 12.5 Å².